The molecule has 140 valence electrons. The van der Waals surface area contributed by atoms with E-state index in [1.165, 1.54) is 5.56 Å². The number of carbonyl (C=O) groups is 1. The van der Waals surface area contributed by atoms with E-state index in [0.717, 1.165) is 63.0 Å². The summed E-state index contributed by atoms with van der Waals surface area (Å²) in [7, 11) is 1.94. The number of rotatable bonds is 7. The first kappa shape index (κ1) is 18.6. The molecule has 1 atom stereocenters. The van der Waals surface area contributed by atoms with Crippen molar-refractivity contribution < 1.29 is 4.79 Å². The van der Waals surface area contributed by atoms with Gasteiger partial charge in [-0.15, -0.1) is 0 Å². The number of benzene rings is 1. The van der Waals surface area contributed by atoms with Crippen molar-refractivity contribution in [3.8, 4) is 0 Å². The Morgan fingerprint density at radius 3 is 2.92 bits per heavy atom. The second kappa shape index (κ2) is 8.99. The van der Waals surface area contributed by atoms with Gasteiger partial charge in [0.1, 0.15) is 0 Å². The van der Waals surface area contributed by atoms with E-state index in [-0.39, 0.29) is 11.9 Å². The maximum Gasteiger partial charge on any atom is 0.257 e. The number of nitrogens with zero attached hydrogens (tertiary/aromatic N) is 3. The van der Waals surface area contributed by atoms with Crippen molar-refractivity contribution in [3.05, 3.63) is 53.3 Å². The van der Waals surface area contributed by atoms with Crippen LogP contribution in [0.1, 0.15) is 47.8 Å². The first-order valence-corrected chi connectivity index (χ1v) is 9.74. The van der Waals surface area contributed by atoms with Crippen LogP contribution in [0.3, 0.4) is 0 Å². The largest absolute Gasteiger partial charge is 0.337 e. The number of hydrogen-bond donors (Lipinski definition) is 1. The topological polar surface area (TPSA) is 52.2 Å². The first-order chi connectivity index (χ1) is 12.7. The van der Waals surface area contributed by atoms with Crippen molar-refractivity contribution in [1.29, 1.82) is 0 Å². The summed E-state index contributed by atoms with van der Waals surface area (Å²) in [5, 5.41) is 6.98. The molecule has 0 saturated carbocycles. The molecule has 1 N–H and O–H groups in total. The van der Waals surface area contributed by atoms with Gasteiger partial charge in [0.25, 0.3) is 5.91 Å². The van der Waals surface area contributed by atoms with Gasteiger partial charge in [0.15, 0.2) is 0 Å². The molecule has 0 unspecified atom stereocenters. The Labute approximate surface area is 156 Å². The molecule has 0 aliphatic carbocycles. The number of aromatic nitrogens is 2. The maximum atomic E-state index is 12.8. The van der Waals surface area contributed by atoms with Crippen LogP contribution in [0.2, 0.25) is 0 Å². The fraction of sp³-hybridized carbons (Fsp3) is 0.524. The molecule has 1 saturated heterocycles. The summed E-state index contributed by atoms with van der Waals surface area (Å²) < 4.78 is 0. The van der Waals surface area contributed by atoms with E-state index in [9.17, 15) is 4.79 Å². The monoisotopic (exact) mass is 354 g/mol. The number of nitrogens with one attached hydrogen (secondary N) is 1. The van der Waals surface area contributed by atoms with E-state index >= 15 is 0 Å². The predicted octanol–water partition coefficient (Wildman–Crippen LogP) is 3.14. The third-order valence-corrected chi connectivity index (χ3v) is 5.43. The van der Waals surface area contributed by atoms with Gasteiger partial charge >= 0.3 is 0 Å². The zero-order valence-corrected chi connectivity index (χ0v) is 15.9. The highest BCUT2D eigenvalue weighted by atomic mass is 16.2. The maximum absolute atomic E-state index is 12.8. The lowest BCUT2D eigenvalue weighted by Crippen LogP contribution is -2.48. The Morgan fingerprint density at radius 1 is 1.35 bits per heavy atom. The number of hydrogen-bond acceptors (Lipinski definition) is 3. The Bertz CT molecular complexity index is 697. The van der Waals surface area contributed by atoms with Crippen LogP contribution in [0, 0.1) is 0 Å². The lowest BCUT2D eigenvalue weighted by atomic mass is 10.0. The molecule has 26 heavy (non-hydrogen) atoms. The molecule has 2 heterocycles. The van der Waals surface area contributed by atoms with Crippen LogP contribution >= 0.6 is 0 Å². The summed E-state index contributed by atoms with van der Waals surface area (Å²) in [4.78, 5) is 17.3. The van der Waals surface area contributed by atoms with Crippen molar-refractivity contribution in [1.82, 2.24) is 20.0 Å². The molecule has 2 aromatic rings. The summed E-state index contributed by atoms with van der Waals surface area (Å²) in [6.07, 6.45) is 6.97. The SMILES string of the molecule is CCc1[nH]ncc1C(=O)N(C)[C@H]1CCCN(CCCc2ccccc2)C1. The van der Waals surface area contributed by atoms with Crippen molar-refractivity contribution >= 4 is 5.91 Å². The molecule has 0 bridgehead atoms. The van der Waals surface area contributed by atoms with Gasteiger partial charge in [-0.25, -0.2) is 0 Å². The lowest BCUT2D eigenvalue weighted by Gasteiger charge is -2.37. The van der Waals surface area contributed by atoms with Crippen LogP contribution in [0.4, 0.5) is 0 Å². The standard InChI is InChI=1S/C21H30N4O/c1-3-20-19(15-22-23-20)21(26)24(2)18-12-8-14-25(16-18)13-7-11-17-9-5-4-6-10-17/h4-6,9-10,15,18H,3,7-8,11-14,16H2,1-2H3,(H,22,23)/t18-/m0/s1. The van der Waals surface area contributed by atoms with Crippen LogP contribution in [0.15, 0.2) is 36.5 Å². The van der Waals surface area contributed by atoms with Crippen molar-refractivity contribution in [2.75, 3.05) is 26.7 Å². The average molecular weight is 354 g/mol. The Morgan fingerprint density at radius 2 is 2.15 bits per heavy atom. The van der Waals surface area contributed by atoms with E-state index in [1.54, 1.807) is 6.20 Å². The number of H-pyrrole nitrogens is 1. The molecule has 1 aliphatic heterocycles. The number of piperidine rings is 1. The van der Waals surface area contributed by atoms with Gasteiger partial charge in [-0.05, 0) is 50.8 Å². The highest BCUT2D eigenvalue weighted by Gasteiger charge is 2.27. The highest BCUT2D eigenvalue weighted by Crippen LogP contribution is 2.19. The molecule has 1 amide bonds. The van der Waals surface area contributed by atoms with Crippen molar-refractivity contribution in [2.45, 2.75) is 45.1 Å². The van der Waals surface area contributed by atoms with Crippen LogP contribution in [-0.4, -0.2) is 58.6 Å². The van der Waals surface area contributed by atoms with E-state index < -0.39 is 0 Å². The number of aryl methyl sites for hydroxylation is 2. The minimum atomic E-state index is 0.0896. The van der Waals surface area contributed by atoms with E-state index in [0.29, 0.717) is 0 Å². The minimum Gasteiger partial charge on any atom is -0.337 e. The fourth-order valence-electron chi connectivity index (χ4n) is 3.82. The Balaban J connectivity index is 1.51. The zero-order chi connectivity index (χ0) is 18.4. The van der Waals surface area contributed by atoms with Crippen LogP contribution < -0.4 is 0 Å². The molecule has 1 aromatic heterocycles. The Kier molecular flexibility index (Phi) is 6.45. The van der Waals surface area contributed by atoms with E-state index in [1.807, 2.05) is 18.9 Å². The predicted molar refractivity (Wildman–Crippen MR) is 104 cm³/mol. The normalized spacial score (nSPS) is 18.0. The zero-order valence-electron chi connectivity index (χ0n) is 15.9. The number of aromatic amines is 1. The number of amides is 1. The molecule has 5 heteroatoms. The molecule has 1 aliphatic rings. The molecule has 3 rings (SSSR count). The van der Waals surface area contributed by atoms with Crippen molar-refractivity contribution in [2.24, 2.45) is 0 Å². The summed E-state index contributed by atoms with van der Waals surface area (Å²) in [6.45, 7) is 5.24. The van der Waals surface area contributed by atoms with Gasteiger partial charge in [0.05, 0.1) is 11.8 Å². The minimum absolute atomic E-state index is 0.0896. The molecular weight excluding hydrogens is 324 g/mol. The molecule has 1 aromatic carbocycles. The van der Waals surface area contributed by atoms with Gasteiger partial charge in [0, 0.05) is 25.3 Å². The fourth-order valence-corrected chi connectivity index (χ4v) is 3.82. The van der Waals surface area contributed by atoms with E-state index in [2.05, 4.69) is 45.4 Å². The third kappa shape index (κ3) is 4.52. The summed E-state index contributed by atoms with van der Waals surface area (Å²) in [5.41, 5.74) is 3.05. The number of likely N-dealkylation sites (tertiary alicyclic amines) is 1. The third-order valence-electron chi connectivity index (χ3n) is 5.43. The Hall–Kier alpha value is -2.14. The van der Waals surface area contributed by atoms with E-state index in [4.69, 9.17) is 0 Å². The van der Waals surface area contributed by atoms with Gasteiger partial charge in [-0.3, -0.25) is 9.89 Å². The average Bonchev–Trinajstić information content (AvgIpc) is 3.17. The number of carbonyl (C=O) groups excluding carboxylic acids is 1. The molecule has 5 nitrogen and oxygen atoms in total. The van der Waals surface area contributed by atoms with Gasteiger partial charge < -0.3 is 9.80 Å². The van der Waals surface area contributed by atoms with Gasteiger partial charge in [-0.1, -0.05) is 37.3 Å². The quantitative estimate of drug-likeness (QED) is 0.831. The molecular formula is C21H30N4O. The first-order valence-electron chi connectivity index (χ1n) is 9.74. The summed E-state index contributed by atoms with van der Waals surface area (Å²) >= 11 is 0. The summed E-state index contributed by atoms with van der Waals surface area (Å²) in [5.74, 6) is 0.0896. The smallest absolute Gasteiger partial charge is 0.257 e. The molecule has 0 spiro atoms. The molecule has 1 fully saturated rings. The van der Waals surface area contributed by atoms with Crippen LogP contribution in [0.25, 0.3) is 0 Å². The second-order valence-corrected chi connectivity index (χ2v) is 7.22. The van der Waals surface area contributed by atoms with Crippen LogP contribution in [-0.2, 0) is 12.8 Å². The summed E-state index contributed by atoms with van der Waals surface area (Å²) in [6, 6.07) is 11.0. The van der Waals surface area contributed by atoms with Gasteiger partial charge in [-0.2, -0.15) is 5.10 Å². The highest BCUT2D eigenvalue weighted by molar-refractivity contribution is 5.95. The van der Waals surface area contributed by atoms with Crippen molar-refractivity contribution in [3.63, 3.8) is 0 Å². The van der Waals surface area contributed by atoms with Gasteiger partial charge in [0.2, 0.25) is 0 Å². The lowest BCUT2D eigenvalue weighted by molar-refractivity contribution is 0.0616. The van der Waals surface area contributed by atoms with Crippen LogP contribution in [0.5, 0.6) is 0 Å². The number of likely N-dealkylation sites (N-methyl/N-ethyl adjacent to an activating group) is 1. The second-order valence-electron chi connectivity index (χ2n) is 7.22. The molecule has 0 radical (unpaired) electrons.